The van der Waals surface area contributed by atoms with Crippen LogP contribution in [-0.2, 0) is 16.5 Å². The second-order valence-corrected chi connectivity index (χ2v) is 3.36. The SMILES string of the molecule is CNC(=O)Cc1ccc(CBr)cc1. The van der Waals surface area contributed by atoms with Crippen molar-refractivity contribution in [2.45, 2.75) is 11.8 Å². The first kappa shape index (κ1) is 10.3. The quantitative estimate of drug-likeness (QED) is 0.805. The van der Waals surface area contributed by atoms with Crippen LogP contribution in [0.2, 0.25) is 0 Å². The van der Waals surface area contributed by atoms with Gasteiger partial charge in [0.1, 0.15) is 0 Å². The maximum absolute atomic E-state index is 11.0. The van der Waals surface area contributed by atoms with E-state index in [-0.39, 0.29) is 5.91 Å². The van der Waals surface area contributed by atoms with E-state index in [2.05, 4.69) is 21.2 Å². The van der Waals surface area contributed by atoms with Gasteiger partial charge in [-0.15, -0.1) is 0 Å². The molecule has 1 aromatic rings. The summed E-state index contributed by atoms with van der Waals surface area (Å²) in [4.78, 5) is 11.0. The lowest BCUT2D eigenvalue weighted by atomic mass is 10.1. The van der Waals surface area contributed by atoms with Gasteiger partial charge in [-0.05, 0) is 11.1 Å². The number of nitrogens with one attached hydrogen (secondary N) is 1. The van der Waals surface area contributed by atoms with Crippen LogP contribution in [0.4, 0.5) is 0 Å². The van der Waals surface area contributed by atoms with Crippen molar-refractivity contribution in [3.05, 3.63) is 35.4 Å². The van der Waals surface area contributed by atoms with E-state index in [0.29, 0.717) is 6.42 Å². The maximum Gasteiger partial charge on any atom is 0.224 e. The Kier molecular flexibility index (Phi) is 3.96. The highest BCUT2D eigenvalue weighted by atomic mass is 79.9. The third-order valence-corrected chi connectivity index (χ3v) is 2.47. The predicted molar refractivity (Wildman–Crippen MR) is 56.8 cm³/mol. The van der Waals surface area contributed by atoms with Gasteiger partial charge >= 0.3 is 0 Å². The molecule has 0 fully saturated rings. The number of hydrogen-bond acceptors (Lipinski definition) is 1. The first-order chi connectivity index (χ1) is 6.26. The zero-order chi connectivity index (χ0) is 9.68. The van der Waals surface area contributed by atoms with Crippen LogP contribution in [0.5, 0.6) is 0 Å². The fourth-order valence-electron chi connectivity index (χ4n) is 1.02. The van der Waals surface area contributed by atoms with E-state index in [4.69, 9.17) is 0 Å². The van der Waals surface area contributed by atoms with Gasteiger partial charge in [0.25, 0.3) is 0 Å². The number of halogens is 1. The van der Waals surface area contributed by atoms with Crippen LogP contribution in [0, 0.1) is 0 Å². The molecule has 2 nitrogen and oxygen atoms in total. The van der Waals surface area contributed by atoms with Crippen molar-refractivity contribution in [2.75, 3.05) is 7.05 Å². The van der Waals surface area contributed by atoms with E-state index in [1.165, 1.54) is 5.56 Å². The first-order valence-electron chi connectivity index (χ1n) is 4.10. The molecule has 0 aliphatic rings. The molecule has 0 saturated carbocycles. The molecule has 1 N–H and O–H groups in total. The van der Waals surface area contributed by atoms with Crippen LogP contribution in [0.3, 0.4) is 0 Å². The molecule has 1 amide bonds. The molecule has 0 radical (unpaired) electrons. The molecule has 0 spiro atoms. The van der Waals surface area contributed by atoms with E-state index in [1.807, 2.05) is 24.3 Å². The van der Waals surface area contributed by atoms with Crippen molar-refractivity contribution in [3.63, 3.8) is 0 Å². The molecule has 13 heavy (non-hydrogen) atoms. The van der Waals surface area contributed by atoms with Gasteiger partial charge in [0.15, 0.2) is 0 Å². The maximum atomic E-state index is 11.0. The Hall–Kier alpha value is -0.830. The molecule has 1 aromatic carbocycles. The Morgan fingerprint density at radius 2 is 1.85 bits per heavy atom. The van der Waals surface area contributed by atoms with Crippen molar-refractivity contribution in [1.29, 1.82) is 0 Å². The fourth-order valence-corrected chi connectivity index (χ4v) is 1.39. The van der Waals surface area contributed by atoms with Gasteiger partial charge in [-0.2, -0.15) is 0 Å². The van der Waals surface area contributed by atoms with Gasteiger partial charge in [-0.25, -0.2) is 0 Å². The number of hydrogen-bond donors (Lipinski definition) is 1. The summed E-state index contributed by atoms with van der Waals surface area (Å²) >= 11 is 3.37. The molecule has 0 unspecified atom stereocenters. The van der Waals surface area contributed by atoms with Crippen molar-refractivity contribution in [3.8, 4) is 0 Å². The summed E-state index contributed by atoms with van der Waals surface area (Å²) < 4.78 is 0. The third-order valence-electron chi connectivity index (χ3n) is 1.82. The minimum atomic E-state index is 0.0478. The van der Waals surface area contributed by atoms with E-state index in [1.54, 1.807) is 7.05 Å². The van der Waals surface area contributed by atoms with Gasteiger partial charge in [0, 0.05) is 12.4 Å². The zero-order valence-corrected chi connectivity index (χ0v) is 9.10. The van der Waals surface area contributed by atoms with Gasteiger partial charge in [0.05, 0.1) is 6.42 Å². The molecule has 0 aliphatic carbocycles. The third kappa shape index (κ3) is 3.19. The average Bonchev–Trinajstić information content (AvgIpc) is 2.19. The molecule has 0 saturated heterocycles. The Morgan fingerprint density at radius 3 is 2.31 bits per heavy atom. The first-order valence-corrected chi connectivity index (χ1v) is 5.22. The monoisotopic (exact) mass is 241 g/mol. The summed E-state index contributed by atoms with van der Waals surface area (Å²) in [7, 11) is 1.65. The molecule has 70 valence electrons. The Labute approximate surface area is 86.5 Å². The van der Waals surface area contributed by atoms with Crippen LogP contribution < -0.4 is 5.32 Å². The summed E-state index contributed by atoms with van der Waals surface area (Å²) in [6, 6.07) is 8.00. The van der Waals surface area contributed by atoms with Crippen LogP contribution in [0.15, 0.2) is 24.3 Å². The number of benzene rings is 1. The molecular weight excluding hydrogens is 230 g/mol. The Morgan fingerprint density at radius 1 is 1.31 bits per heavy atom. The topological polar surface area (TPSA) is 29.1 Å². The second kappa shape index (κ2) is 5.02. The molecule has 0 heterocycles. The zero-order valence-electron chi connectivity index (χ0n) is 7.51. The van der Waals surface area contributed by atoms with Crippen LogP contribution >= 0.6 is 15.9 Å². The number of rotatable bonds is 3. The van der Waals surface area contributed by atoms with E-state index < -0.39 is 0 Å². The van der Waals surface area contributed by atoms with Crippen molar-refractivity contribution >= 4 is 21.8 Å². The van der Waals surface area contributed by atoms with Crippen LogP contribution in [0.1, 0.15) is 11.1 Å². The fraction of sp³-hybridized carbons (Fsp3) is 0.300. The predicted octanol–water partition coefficient (Wildman–Crippen LogP) is 1.87. The molecule has 0 aliphatic heterocycles. The number of alkyl halides is 1. The summed E-state index contributed by atoms with van der Waals surface area (Å²) in [6.45, 7) is 0. The molecular formula is C10H12BrNO. The second-order valence-electron chi connectivity index (χ2n) is 2.80. The highest BCUT2D eigenvalue weighted by Gasteiger charge is 1.99. The summed E-state index contributed by atoms with van der Waals surface area (Å²) in [6.07, 6.45) is 0.457. The highest BCUT2D eigenvalue weighted by molar-refractivity contribution is 9.08. The largest absolute Gasteiger partial charge is 0.359 e. The molecule has 0 bridgehead atoms. The van der Waals surface area contributed by atoms with Crippen molar-refractivity contribution in [2.24, 2.45) is 0 Å². The van der Waals surface area contributed by atoms with Gasteiger partial charge in [0.2, 0.25) is 5.91 Å². The van der Waals surface area contributed by atoms with Crippen LogP contribution in [0.25, 0.3) is 0 Å². The number of carbonyl (C=O) groups is 1. The minimum absolute atomic E-state index is 0.0478. The standard InChI is InChI=1S/C10H12BrNO/c1-12-10(13)6-8-2-4-9(7-11)5-3-8/h2-5H,6-7H2,1H3,(H,12,13). The van der Waals surface area contributed by atoms with Crippen molar-refractivity contribution in [1.82, 2.24) is 5.32 Å². The van der Waals surface area contributed by atoms with Gasteiger partial charge in [-0.3, -0.25) is 4.79 Å². The van der Waals surface area contributed by atoms with Crippen LogP contribution in [-0.4, -0.2) is 13.0 Å². The Balaban J connectivity index is 2.64. The number of carbonyl (C=O) groups excluding carboxylic acids is 1. The van der Waals surface area contributed by atoms with Gasteiger partial charge in [-0.1, -0.05) is 40.2 Å². The molecule has 3 heteroatoms. The van der Waals surface area contributed by atoms with E-state index in [9.17, 15) is 4.79 Å². The lowest BCUT2D eigenvalue weighted by molar-refractivity contribution is -0.119. The lowest BCUT2D eigenvalue weighted by Gasteiger charge is -2.01. The smallest absolute Gasteiger partial charge is 0.224 e. The lowest BCUT2D eigenvalue weighted by Crippen LogP contribution is -2.19. The van der Waals surface area contributed by atoms with Gasteiger partial charge < -0.3 is 5.32 Å². The number of likely N-dealkylation sites (N-methyl/N-ethyl adjacent to an activating group) is 1. The molecule has 1 rings (SSSR count). The molecule has 0 atom stereocenters. The highest BCUT2D eigenvalue weighted by Crippen LogP contribution is 2.08. The minimum Gasteiger partial charge on any atom is -0.359 e. The average molecular weight is 242 g/mol. The van der Waals surface area contributed by atoms with E-state index in [0.717, 1.165) is 10.9 Å². The summed E-state index contributed by atoms with van der Waals surface area (Å²) in [5.41, 5.74) is 2.27. The molecule has 0 aromatic heterocycles. The normalized spacial score (nSPS) is 9.69. The Bertz CT molecular complexity index is 281. The summed E-state index contributed by atoms with van der Waals surface area (Å²) in [5, 5.41) is 3.45. The van der Waals surface area contributed by atoms with E-state index >= 15 is 0 Å². The number of amides is 1. The van der Waals surface area contributed by atoms with Crippen molar-refractivity contribution < 1.29 is 4.79 Å². The summed E-state index contributed by atoms with van der Waals surface area (Å²) in [5.74, 6) is 0.0478.